The van der Waals surface area contributed by atoms with E-state index in [0.717, 1.165) is 0 Å². The topological polar surface area (TPSA) is 50.8 Å². The summed E-state index contributed by atoms with van der Waals surface area (Å²) >= 11 is 3.99. The third kappa shape index (κ3) is 4.20. The van der Waals surface area contributed by atoms with E-state index >= 15 is 0 Å². The molecule has 0 fully saturated rings. The lowest BCUT2D eigenvalue weighted by Gasteiger charge is -2.11. The van der Waals surface area contributed by atoms with Crippen LogP contribution in [0.3, 0.4) is 0 Å². The summed E-state index contributed by atoms with van der Waals surface area (Å²) in [7, 11) is 0. The van der Waals surface area contributed by atoms with E-state index in [0.29, 0.717) is 25.4 Å². The Hall–Kier alpha value is -0.710. The molecule has 0 unspecified atom stereocenters. The Morgan fingerprint density at radius 3 is 2.00 bits per heavy atom. The van der Waals surface area contributed by atoms with Crippen molar-refractivity contribution in [3.63, 3.8) is 0 Å². The van der Waals surface area contributed by atoms with E-state index < -0.39 is 0 Å². The highest BCUT2D eigenvalue weighted by atomic mass is 32.1. The van der Waals surface area contributed by atoms with Gasteiger partial charge in [-0.3, -0.25) is 4.90 Å². The SMILES string of the molecule is N#CCN(CC#N)CCS. The molecule has 4 heteroatoms. The van der Waals surface area contributed by atoms with Crippen molar-refractivity contribution >= 4 is 12.6 Å². The molecule has 0 aliphatic rings. The number of hydrogen-bond donors (Lipinski definition) is 1. The van der Waals surface area contributed by atoms with Crippen molar-refractivity contribution in [2.24, 2.45) is 0 Å². The van der Waals surface area contributed by atoms with Crippen LogP contribution >= 0.6 is 12.6 Å². The van der Waals surface area contributed by atoms with E-state index in [1.807, 2.05) is 12.1 Å². The second kappa shape index (κ2) is 6.41. The van der Waals surface area contributed by atoms with Gasteiger partial charge in [-0.1, -0.05) is 0 Å². The van der Waals surface area contributed by atoms with Crippen molar-refractivity contribution in [1.29, 1.82) is 10.5 Å². The summed E-state index contributed by atoms with van der Waals surface area (Å²) in [5.41, 5.74) is 0. The number of nitrogens with zero attached hydrogens (tertiary/aromatic N) is 3. The molecular weight excluding hydrogens is 146 g/mol. The molecule has 0 bridgehead atoms. The van der Waals surface area contributed by atoms with Crippen molar-refractivity contribution < 1.29 is 0 Å². The monoisotopic (exact) mass is 155 g/mol. The van der Waals surface area contributed by atoms with Crippen LogP contribution in [0.2, 0.25) is 0 Å². The first-order chi connectivity index (χ1) is 4.85. The molecule has 0 heterocycles. The second-order valence-corrected chi connectivity index (χ2v) is 2.20. The van der Waals surface area contributed by atoms with Gasteiger partial charge in [0.1, 0.15) is 0 Å². The molecule has 0 aliphatic heterocycles. The van der Waals surface area contributed by atoms with Gasteiger partial charge in [0.05, 0.1) is 25.2 Å². The van der Waals surface area contributed by atoms with Crippen molar-refractivity contribution in [2.45, 2.75) is 0 Å². The summed E-state index contributed by atoms with van der Waals surface area (Å²) in [6.07, 6.45) is 0. The fourth-order valence-electron chi connectivity index (χ4n) is 0.555. The maximum absolute atomic E-state index is 8.26. The molecule has 3 nitrogen and oxygen atoms in total. The highest BCUT2D eigenvalue weighted by Crippen LogP contribution is 1.86. The molecule has 0 aliphatic carbocycles. The van der Waals surface area contributed by atoms with Crippen LogP contribution in [0.5, 0.6) is 0 Å². The van der Waals surface area contributed by atoms with Gasteiger partial charge >= 0.3 is 0 Å². The van der Waals surface area contributed by atoms with Crippen molar-refractivity contribution in [3.8, 4) is 12.1 Å². The summed E-state index contributed by atoms with van der Waals surface area (Å²) in [5.74, 6) is 0.684. The fraction of sp³-hybridized carbons (Fsp3) is 0.667. The van der Waals surface area contributed by atoms with Gasteiger partial charge in [-0.2, -0.15) is 23.2 Å². The summed E-state index contributed by atoms with van der Waals surface area (Å²) in [4.78, 5) is 1.74. The highest BCUT2D eigenvalue weighted by molar-refractivity contribution is 7.80. The lowest BCUT2D eigenvalue weighted by Crippen LogP contribution is -2.26. The third-order valence-electron chi connectivity index (χ3n) is 1.00. The molecule has 0 N–H and O–H groups in total. The number of nitriles is 2. The predicted octanol–water partition coefficient (Wildman–Crippen LogP) is 0.265. The molecular formula is C6H9N3S. The largest absolute Gasteiger partial charge is 0.277 e. The van der Waals surface area contributed by atoms with E-state index in [4.69, 9.17) is 10.5 Å². The van der Waals surface area contributed by atoms with Crippen LogP contribution in [-0.4, -0.2) is 30.3 Å². The van der Waals surface area contributed by atoms with Gasteiger partial charge in [0.15, 0.2) is 0 Å². The number of thiol groups is 1. The first kappa shape index (κ1) is 9.29. The van der Waals surface area contributed by atoms with E-state index in [1.165, 1.54) is 0 Å². The van der Waals surface area contributed by atoms with Gasteiger partial charge in [-0.25, -0.2) is 0 Å². The first-order valence-electron chi connectivity index (χ1n) is 2.92. The van der Waals surface area contributed by atoms with E-state index in [-0.39, 0.29) is 0 Å². The Bertz CT molecular complexity index is 139. The smallest absolute Gasteiger partial charge is 0.0874 e. The van der Waals surface area contributed by atoms with Gasteiger partial charge in [0.2, 0.25) is 0 Å². The Morgan fingerprint density at radius 1 is 1.20 bits per heavy atom. The van der Waals surface area contributed by atoms with Crippen LogP contribution in [0.4, 0.5) is 0 Å². The van der Waals surface area contributed by atoms with Gasteiger partial charge in [-0.15, -0.1) is 0 Å². The highest BCUT2D eigenvalue weighted by Gasteiger charge is 1.99. The Labute approximate surface area is 66.3 Å². The molecule has 0 atom stereocenters. The van der Waals surface area contributed by atoms with Gasteiger partial charge in [0, 0.05) is 12.3 Å². The Kier molecular flexibility index (Phi) is 5.96. The second-order valence-electron chi connectivity index (χ2n) is 1.75. The maximum Gasteiger partial charge on any atom is 0.0874 e. The van der Waals surface area contributed by atoms with Crippen LogP contribution in [0.1, 0.15) is 0 Å². The predicted molar refractivity (Wildman–Crippen MR) is 41.5 cm³/mol. The number of rotatable bonds is 4. The summed E-state index contributed by atoms with van der Waals surface area (Å²) < 4.78 is 0. The first-order valence-corrected chi connectivity index (χ1v) is 3.55. The van der Waals surface area contributed by atoms with Gasteiger partial charge < -0.3 is 0 Å². The molecule has 0 aromatic carbocycles. The molecule has 0 rings (SSSR count). The zero-order valence-electron chi connectivity index (χ0n) is 5.62. The van der Waals surface area contributed by atoms with E-state index in [1.54, 1.807) is 4.90 Å². The molecule has 0 aromatic rings. The minimum atomic E-state index is 0.314. The quantitative estimate of drug-likeness (QED) is 0.468. The molecule has 0 aromatic heterocycles. The zero-order chi connectivity index (χ0) is 7.82. The fourth-order valence-corrected chi connectivity index (χ4v) is 0.838. The number of hydrogen-bond acceptors (Lipinski definition) is 4. The molecule has 0 spiro atoms. The minimum absolute atomic E-state index is 0.314. The van der Waals surface area contributed by atoms with E-state index in [9.17, 15) is 0 Å². The van der Waals surface area contributed by atoms with Gasteiger partial charge in [0.25, 0.3) is 0 Å². The van der Waals surface area contributed by atoms with Crippen LogP contribution in [0.25, 0.3) is 0 Å². The van der Waals surface area contributed by atoms with Crippen molar-refractivity contribution in [2.75, 3.05) is 25.4 Å². The molecule has 0 saturated heterocycles. The third-order valence-corrected chi connectivity index (χ3v) is 1.20. The average Bonchev–Trinajstić information content (AvgIpc) is 1.90. The van der Waals surface area contributed by atoms with Crippen LogP contribution < -0.4 is 0 Å². The minimum Gasteiger partial charge on any atom is -0.277 e. The molecule has 0 amide bonds. The van der Waals surface area contributed by atoms with Crippen LogP contribution in [0, 0.1) is 22.7 Å². The maximum atomic E-state index is 8.26. The van der Waals surface area contributed by atoms with Crippen molar-refractivity contribution in [1.82, 2.24) is 4.90 Å². The molecule has 10 heavy (non-hydrogen) atoms. The Balaban J connectivity index is 3.54. The lowest BCUT2D eigenvalue weighted by molar-refractivity contribution is 0.366. The molecule has 54 valence electrons. The summed E-state index contributed by atoms with van der Waals surface area (Å²) in [5, 5.41) is 16.5. The lowest BCUT2D eigenvalue weighted by atomic mass is 10.5. The van der Waals surface area contributed by atoms with Crippen LogP contribution in [0.15, 0.2) is 0 Å². The summed E-state index contributed by atoms with van der Waals surface area (Å²) in [6.45, 7) is 1.33. The Morgan fingerprint density at radius 2 is 1.70 bits per heavy atom. The average molecular weight is 155 g/mol. The van der Waals surface area contributed by atoms with Crippen LogP contribution in [-0.2, 0) is 0 Å². The molecule has 0 radical (unpaired) electrons. The normalized spacial score (nSPS) is 8.80. The molecule has 0 saturated carbocycles. The standard InChI is InChI=1S/C6H9N3S/c7-1-3-9(4-2-8)5-6-10/h10H,3-6H2. The van der Waals surface area contributed by atoms with Crippen molar-refractivity contribution in [3.05, 3.63) is 0 Å². The summed E-state index contributed by atoms with van der Waals surface area (Å²) in [6, 6.07) is 3.96. The van der Waals surface area contributed by atoms with Gasteiger partial charge in [-0.05, 0) is 0 Å². The zero-order valence-corrected chi connectivity index (χ0v) is 6.51. The van der Waals surface area contributed by atoms with E-state index in [2.05, 4.69) is 12.6 Å².